The van der Waals surface area contributed by atoms with Crippen LogP contribution in [-0.2, 0) is 17.8 Å². The highest BCUT2D eigenvalue weighted by atomic mass is 16.5. The molecule has 0 bridgehead atoms. The smallest absolute Gasteiger partial charge is 0.279 e. The lowest BCUT2D eigenvalue weighted by Gasteiger charge is -2.29. The van der Waals surface area contributed by atoms with E-state index in [0.29, 0.717) is 6.54 Å². The summed E-state index contributed by atoms with van der Waals surface area (Å²) in [7, 11) is 1.69. The molecular formula is C27H33N3O2+2. The van der Waals surface area contributed by atoms with Gasteiger partial charge in [0, 0.05) is 11.3 Å². The zero-order valence-corrected chi connectivity index (χ0v) is 18.8. The number of hydrogen-bond donors (Lipinski definition) is 3. The Morgan fingerprint density at radius 2 is 1.47 bits per heavy atom. The molecule has 1 fully saturated rings. The molecule has 5 heteroatoms. The van der Waals surface area contributed by atoms with E-state index in [2.05, 4.69) is 47.8 Å². The van der Waals surface area contributed by atoms with E-state index in [1.807, 2.05) is 36.4 Å². The fraction of sp³-hybridized carbons (Fsp3) is 0.296. The number of amides is 1. The normalized spacial score (nSPS) is 18.2. The molecule has 0 aliphatic carbocycles. The Morgan fingerprint density at radius 1 is 0.812 bits per heavy atom. The molecule has 5 nitrogen and oxygen atoms in total. The number of rotatable bonds is 8. The van der Waals surface area contributed by atoms with Gasteiger partial charge in [0.25, 0.3) is 5.91 Å². The third-order valence-corrected chi connectivity index (χ3v) is 6.22. The van der Waals surface area contributed by atoms with Gasteiger partial charge in [0.15, 0.2) is 6.54 Å². The van der Waals surface area contributed by atoms with E-state index >= 15 is 0 Å². The SMILES string of the molecule is COc1ccc(C[NH+]2CC[NH+](CC(=O)Nc3ccccc3Cc3ccccc3)CC2)cc1. The van der Waals surface area contributed by atoms with Crippen LogP contribution in [0, 0.1) is 0 Å². The first-order valence-electron chi connectivity index (χ1n) is 11.4. The molecule has 1 heterocycles. The van der Waals surface area contributed by atoms with Gasteiger partial charge in [0.05, 0.1) is 7.11 Å². The molecule has 3 aromatic carbocycles. The van der Waals surface area contributed by atoms with Gasteiger partial charge >= 0.3 is 0 Å². The molecule has 0 aromatic heterocycles. The summed E-state index contributed by atoms with van der Waals surface area (Å²) in [5, 5.41) is 3.16. The van der Waals surface area contributed by atoms with Gasteiger partial charge in [0.2, 0.25) is 0 Å². The molecule has 4 rings (SSSR count). The van der Waals surface area contributed by atoms with Crippen molar-refractivity contribution in [3.63, 3.8) is 0 Å². The third kappa shape index (κ3) is 6.19. The highest BCUT2D eigenvalue weighted by Gasteiger charge is 2.25. The van der Waals surface area contributed by atoms with Crippen LogP contribution in [0.2, 0.25) is 0 Å². The van der Waals surface area contributed by atoms with E-state index in [4.69, 9.17) is 4.74 Å². The van der Waals surface area contributed by atoms with Gasteiger partial charge in [-0.2, -0.15) is 0 Å². The number of quaternary nitrogens is 2. The summed E-state index contributed by atoms with van der Waals surface area (Å²) in [6, 6.07) is 26.8. The van der Waals surface area contributed by atoms with Gasteiger partial charge in [-0.25, -0.2) is 0 Å². The second-order valence-corrected chi connectivity index (χ2v) is 8.57. The van der Waals surface area contributed by atoms with E-state index < -0.39 is 0 Å². The van der Waals surface area contributed by atoms with E-state index in [1.165, 1.54) is 16.0 Å². The number of piperazine rings is 1. The van der Waals surface area contributed by atoms with Crippen LogP contribution in [0.1, 0.15) is 16.7 Å². The number of hydrogen-bond acceptors (Lipinski definition) is 2. The molecule has 0 spiro atoms. The second kappa shape index (κ2) is 10.9. The first kappa shape index (κ1) is 22.1. The summed E-state index contributed by atoms with van der Waals surface area (Å²) in [4.78, 5) is 15.7. The van der Waals surface area contributed by atoms with Crippen LogP contribution in [0.15, 0.2) is 78.9 Å². The molecule has 32 heavy (non-hydrogen) atoms. The van der Waals surface area contributed by atoms with Crippen molar-refractivity contribution in [1.29, 1.82) is 0 Å². The van der Waals surface area contributed by atoms with Gasteiger partial charge < -0.3 is 19.9 Å². The van der Waals surface area contributed by atoms with Crippen molar-refractivity contribution < 1.29 is 19.3 Å². The molecule has 3 N–H and O–H groups in total. The first-order valence-corrected chi connectivity index (χ1v) is 11.4. The Morgan fingerprint density at radius 3 is 2.19 bits per heavy atom. The maximum atomic E-state index is 12.8. The third-order valence-electron chi connectivity index (χ3n) is 6.22. The Labute approximate surface area is 190 Å². The van der Waals surface area contributed by atoms with Gasteiger partial charge in [0.1, 0.15) is 38.5 Å². The molecule has 166 valence electrons. The second-order valence-electron chi connectivity index (χ2n) is 8.57. The number of carbonyl (C=O) groups excluding carboxylic acids is 1. The Bertz CT molecular complexity index is 997. The number of methoxy groups -OCH3 is 1. The minimum absolute atomic E-state index is 0.0964. The number of benzene rings is 3. The molecule has 1 aliphatic heterocycles. The van der Waals surface area contributed by atoms with E-state index in [-0.39, 0.29) is 5.91 Å². The fourth-order valence-electron chi connectivity index (χ4n) is 4.38. The minimum atomic E-state index is 0.0964. The molecule has 1 aliphatic rings. The van der Waals surface area contributed by atoms with Crippen LogP contribution in [0.5, 0.6) is 5.75 Å². The summed E-state index contributed by atoms with van der Waals surface area (Å²) >= 11 is 0. The monoisotopic (exact) mass is 431 g/mol. The highest BCUT2D eigenvalue weighted by Crippen LogP contribution is 2.19. The van der Waals surface area contributed by atoms with Crippen molar-refractivity contribution in [2.24, 2.45) is 0 Å². The number of carbonyl (C=O) groups is 1. The van der Waals surface area contributed by atoms with E-state index in [0.717, 1.165) is 56.1 Å². The van der Waals surface area contributed by atoms with Gasteiger partial charge in [-0.3, -0.25) is 4.79 Å². The number of ether oxygens (including phenoxy) is 1. The first-order chi connectivity index (χ1) is 15.7. The average Bonchev–Trinajstić information content (AvgIpc) is 2.83. The van der Waals surface area contributed by atoms with Crippen LogP contribution in [-0.4, -0.2) is 45.7 Å². The van der Waals surface area contributed by atoms with Crippen molar-refractivity contribution in [2.75, 3.05) is 45.2 Å². The quantitative estimate of drug-likeness (QED) is 0.502. The van der Waals surface area contributed by atoms with Crippen molar-refractivity contribution in [3.05, 3.63) is 95.6 Å². The van der Waals surface area contributed by atoms with Crippen LogP contribution in [0.3, 0.4) is 0 Å². The van der Waals surface area contributed by atoms with Crippen LogP contribution < -0.4 is 19.9 Å². The predicted octanol–water partition coefficient (Wildman–Crippen LogP) is 1.21. The van der Waals surface area contributed by atoms with Crippen molar-refractivity contribution in [3.8, 4) is 5.75 Å². The van der Waals surface area contributed by atoms with Gasteiger partial charge in [-0.05, 0) is 47.9 Å². The van der Waals surface area contributed by atoms with Gasteiger partial charge in [-0.1, -0.05) is 48.5 Å². The minimum Gasteiger partial charge on any atom is -0.497 e. The zero-order valence-electron chi connectivity index (χ0n) is 18.8. The van der Waals surface area contributed by atoms with Crippen LogP contribution >= 0.6 is 0 Å². The summed E-state index contributed by atoms with van der Waals surface area (Å²) in [5.41, 5.74) is 4.65. The maximum Gasteiger partial charge on any atom is 0.279 e. The van der Waals surface area contributed by atoms with Crippen molar-refractivity contribution >= 4 is 11.6 Å². The molecule has 0 atom stereocenters. The molecular weight excluding hydrogens is 398 g/mol. The van der Waals surface area contributed by atoms with Crippen LogP contribution in [0.4, 0.5) is 5.69 Å². The predicted molar refractivity (Wildman–Crippen MR) is 127 cm³/mol. The fourth-order valence-corrected chi connectivity index (χ4v) is 4.38. The van der Waals surface area contributed by atoms with Crippen molar-refractivity contribution in [1.82, 2.24) is 0 Å². The highest BCUT2D eigenvalue weighted by molar-refractivity contribution is 5.92. The Hall–Kier alpha value is -3.15. The Balaban J connectivity index is 1.26. The summed E-state index contributed by atoms with van der Waals surface area (Å²) < 4.78 is 5.24. The maximum absolute atomic E-state index is 12.8. The number of anilines is 1. The topological polar surface area (TPSA) is 47.2 Å². The lowest BCUT2D eigenvalue weighted by Crippen LogP contribution is -3.28. The van der Waals surface area contributed by atoms with Crippen LogP contribution in [0.25, 0.3) is 0 Å². The lowest BCUT2D eigenvalue weighted by atomic mass is 10.0. The molecule has 3 aromatic rings. The molecule has 0 radical (unpaired) electrons. The summed E-state index contributed by atoms with van der Waals surface area (Å²) in [6.07, 6.45) is 0.817. The average molecular weight is 432 g/mol. The summed E-state index contributed by atoms with van der Waals surface area (Å²) in [5.74, 6) is 0.994. The van der Waals surface area contributed by atoms with E-state index in [9.17, 15) is 4.79 Å². The largest absolute Gasteiger partial charge is 0.497 e. The molecule has 1 saturated heterocycles. The number of nitrogens with one attached hydrogen (secondary N) is 3. The Kier molecular flexibility index (Phi) is 7.54. The van der Waals surface area contributed by atoms with E-state index in [1.54, 1.807) is 12.0 Å². The summed E-state index contributed by atoms with van der Waals surface area (Å²) in [6.45, 7) is 5.75. The lowest BCUT2D eigenvalue weighted by molar-refractivity contribution is -1.02. The molecule has 1 amide bonds. The molecule has 0 unspecified atom stereocenters. The van der Waals surface area contributed by atoms with Crippen molar-refractivity contribution in [2.45, 2.75) is 13.0 Å². The zero-order chi connectivity index (χ0) is 22.2. The molecule has 0 saturated carbocycles. The standard InChI is InChI=1S/C27H31N3O2/c1-32-25-13-11-23(12-14-25)20-29-15-17-30(18-16-29)21-27(31)28-26-10-6-5-9-24(26)19-22-7-3-2-4-8-22/h2-14H,15-21H2,1H3,(H,28,31)/p+2. The number of para-hydroxylation sites is 1. The van der Waals surface area contributed by atoms with Gasteiger partial charge in [-0.15, -0.1) is 0 Å².